The van der Waals surface area contributed by atoms with Crippen molar-refractivity contribution in [3.05, 3.63) is 75.9 Å². The molecule has 0 unspecified atom stereocenters. The van der Waals surface area contributed by atoms with Crippen LogP contribution in [-0.4, -0.2) is 4.90 Å². The number of hydrogen-bond donors (Lipinski definition) is 0. The highest BCUT2D eigenvalue weighted by molar-refractivity contribution is 14.1. The van der Waals surface area contributed by atoms with Crippen molar-refractivity contribution >= 4 is 42.1 Å². The summed E-state index contributed by atoms with van der Waals surface area (Å²) in [6.45, 7) is 1.94. The second-order valence-corrected chi connectivity index (χ2v) is 6.74. The smallest absolute Gasteiger partial charge is 0.0434 e. The van der Waals surface area contributed by atoms with Crippen LogP contribution in [0.5, 0.6) is 0 Å². The first-order chi connectivity index (χ1) is 9.22. The van der Waals surface area contributed by atoms with Crippen molar-refractivity contribution in [2.75, 3.05) is 0 Å². The molecule has 0 atom stereocenters. The van der Waals surface area contributed by atoms with Gasteiger partial charge in [-0.2, -0.15) is 0 Å². The topological polar surface area (TPSA) is 3.24 Å². The Labute approximate surface area is 135 Å². The molecule has 0 spiro atoms. The zero-order valence-electron chi connectivity index (χ0n) is 10.3. The van der Waals surface area contributed by atoms with E-state index in [2.05, 4.69) is 98.2 Å². The minimum atomic E-state index is 0.952. The molecule has 3 heteroatoms. The lowest BCUT2D eigenvalue weighted by molar-refractivity contribution is 0.359. The summed E-state index contributed by atoms with van der Waals surface area (Å²) in [6.07, 6.45) is 2.25. The largest absolute Gasteiger partial charge is 0.368 e. The summed E-state index contributed by atoms with van der Waals surface area (Å²) in [5.41, 5.74) is 4.12. The van der Waals surface area contributed by atoms with Crippen molar-refractivity contribution in [1.29, 1.82) is 0 Å². The Kier molecular flexibility index (Phi) is 3.93. The number of benzene rings is 2. The molecule has 0 saturated heterocycles. The van der Waals surface area contributed by atoms with Crippen molar-refractivity contribution < 1.29 is 0 Å². The Morgan fingerprint density at radius 3 is 2.58 bits per heavy atom. The van der Waals surface area contributed by atoms with Crippen molar-refractivity contribution in [1.82, 2.24) is 4.90 Å². The van der Waals surface area contributed by atoms with E-state index >= 15 is 0 Å². The summed E-state index contributed by atoms with van der Waals surface area (Å²) < 4.78 is 2.45. The third kappa shape index (κ3) is 3.03. The molecule has 96 valence electrons. The van der Waals surface area contributed by atoms with Crippen molar-refractivity contribution in [3.63, 3.8) is 0 Å². The summed E-state index contributed by atoms with van der Waals surface area (Å²) in [6, 6.07) is 17.2. The van der Waals surface area contributed by atoms with E-state index in [-0.39, 0.29) is 0 Å². The molecule has 0 bridgehead atoms. The lowest BCUT2D eigenvalue weighted by Gasteiger charge is -2.27. The van der Waals surface area contributed by atoms with E-state index in [1.54, 1.807) is 0 Å². The Hall–Kier alpha value is -0.810. The third-order valence-corrected chi connectivity index (χ3v) is 4.63. The SMILES string of the molecule is Brc1ccc(CN2C=C(I)c3ccccc3C2)cc1. The normalized spacial score (nSPS) is 14.0. The molecule has 0 saturated carbocycles. The van der Waals surface area contributed by atoms with Gasteiger partial charge in [-0.3, -0.25) is 0 Å². The second-order valence-electron chi connectivity index (χ2n) is 4.67. The second kappa shape index (κ2) is 5.67. The van der Waals surface area contributed by atoms with Gasteiger partial charge in [-0.05, 0) is 51.4 Å². The standard InChI is InChI=1S/C16H13BrIN/c17-14-7-5-12(6-8-14)9-19-10-13-3-1-2-4-15(13)16(18)11-19/h1-8,11H,9-10H2. The average molecular weight is 426 g/mol. The molecule has 19 heavy (non-hydrogen) atoms. The molecule has 0 aliphatic carbocycles. The van der Waals surface area contributed by atoms with E-state index in [0.29, 0.717) is 0 Å². The fourth-order valence-corrected chi connectivity index (χ4v) is 3.50. The number of fused-ring (bicyclic) bond motifs is 1. The van der Waals surface area contributed by atoms with Gasteiger partial charge in [-0.15, -0.1) is 0 Å². The average Bonchev–Trinajstić information content (AvgIpc) is 2.42. The Bertz CT molecular complexity index is 619. The van der Waals surface area contributed by atoms with Crippen LogP contribution in [0.25, 0.3) is 3.58 Å². The zero-order valence-corrected chi connectivity index (χ0v) is 14.1. The molecule has 1 nitrogen and oxygen atoms in total. The van der Waals surface area contributed by atoms with E-state index in [4.69, 9.17) is 0 Å². The Balaban J connectivity index is 1.82. The molecule has 2 aromatic rings. The van der Waals surface area contributed by atoms with Gasteiger partial charge in [0.2, 0.25) is 0 Å². The molecule has 0 N–H and O–H groups in total. The molecule has 1 aliphatic rings. The first-order valence-corrected chi connectivity index (χ1v) is 8.03. The van der Waals surface area contributed by atoms with Gasteiger partial charge in [0.15, 0.2) is 0 Å². The maximum atomic E-state index is 3.47. The van der Waals surface area contributed by atoms with Crippen LogP contribution in [-0.2, 0) is 13.1 Å². The van der Waals surface area contributed by atoms with E-state index in [0.717, 1.165) is 17.6 Å². The van der Waals surface area contributed by atoms with Crippen molar-refractivity contribution in [2.45, 2.75) is 13.1 Å². The first-order valence-electron chi connectivity index (χ1n) is 6.16. The maximum Gasteiger partial charge on any atom is 0.0434 e. The summed E-state index contributed by atoms with van der Waals surface area (Å²) in [7, 11) is 0. The van der Waals surface area contributed by atoms with Crippen LogP contribution in [0.4, 0.5) is 0 Å². The van der Waals surface area contributed by atoms with Gasteiger partial charge in [-0.25, -0.2) is 0 Å². The monoisotopic (exact) mass is 425 g/mol. The maximum absolute atomic E-state index is 3.47. The lowest BCUT2D eigenvalue weighted by atomic mass is 10.0. The summed E-state index contributed by atoms with van der Waals surface area (Å²) >= 11 is 5.90. The molecular weight excluding hydrogens is 413 g/mol. The van der Waals surface area contributed by atoms with Gasteiger partial charge in [0.25, 0.3) is 0 Å². The molecule has 0 radical (unpaired) electrons. The Morgan fingerprint density at radius 1 is 1.05 bits per heavy atom. The first kappa shape index (κ1) is 13.2. The molecule has 2 aromatic carbocycles. The van der Waals surface area contributed by atoms with Gasteiger partial charge in [0, 0.05) is 27.3 Å². The molecule has 1 heterocycles. The summed E-state index contributed by atoms with van der Waals surface area (Å²) in [5.74, 6) is 0. The van der Waals surface area contributed by atoms with E-state index in [1.165, 1.54) is 20.3 Å². The van der Waals surface area contributed by atoms with Crippen LogP contribution in [0, 0.1) is 0 Å². The lowest BCUT2D eigenvalue weighted by Crippen LogP contribution is -2.20. The van der Waals surface area contributed by atoms with Crippen LogP contribution >= 0.6 is 38.5 Å². The summed E-state index contributed by atoms with van der Waals surface area (Å²) in [4.78, 5) is 2.37. The van der Waals surface area contributed by atoms with E-state index < -0.39 is 0 Å². The fraction of sp³-hybridized carbons (Fsp3) is 0.125. The van der Waals surface area contributed by atoms with E-state index in [1.807, 2.05) is 0 Å². The van der Waals surface area contributed by atoms with Gasteiger partial charge in [-0.1, -0.05) is 52.3 Å². The molecule has 0 fully saturated rings. The highest BCUT2D eigenvalue weighted by Gasteiger charge is 2.14. The van der Waals surface area contributed by atoms with Gasteiger partial charge in [0.1, 0.15) is 0 Å². The van der Waals surface area contributed by atoms with Crippen molar-refractivity contribution in [2.24, 2.45) is 0 Å². The minimum absolute atomic E-state index is 0.952. The number of rotatable bonds is 2. The highest BCUT2D eigenvalue weighted by atomic mass is 127. The fourth-order valence-electron chi connectivity index (χ4n) is 2.31. The van der Waals surface area contributed by atoms with Crippen LogP contribution in [0.15, 0.2) is 59.2 Å². The van der Waals surface area contributed by atoms with Gasteiger partial charge >= 0.3 is 0 Å². The molecule has 0 aromatic heterocycles. The van der Waals surface area contributed by atoms with Crippen molar-refractivity contribution in [3.8, 4) is 0 Å². The minimum Gasteiger partial charge on any atom is -0.368 e. The van der Waals surface area contributed by atoms with Crippen LogP contribution in [0.2, 0.25) is 0 Å². The summed E-state index contributed by atoms with van der Waals surface area (Å²) in [5, 5.41) is 0. The molecular formula is C16H13BrIN. The predicted octanol–water partition coefficient (Wildman–Crippen LogP) is 5.20. The predicted molar refractivity (Wildman–Crippen MR) is 91.8 cm³/mol. The zero-order chi connectivity index (χ0) is 13.2. The number of nitrogens with zero attached hydrogens (tertiary/aromatic N) is 1. The highest BCUT2D eigenvalue weighted by Crippen LogP contribution is 2.31. The molecule has 0 amide bonds. The van der Waals surface area contributed by atoms with Crippen LogP contribution < -0.4 is 0 Å². The van der Waals surface area contributed by atoms with Gasteiger partial charge < -0.3 is 4.90 Å². The Morgan fingerprint density at radius 2 is 1.79 bits per heavy atom. The van der Waals surface area contributed by atoms with Gasteiger partial charge in [0.05, 0.1) is 0 Å². The third-order valence-electron chi connectivity index (χ3n) is 3.24. The van der Waals surface area contributed by atoms with Crippen LogP contribution in [0.1, 0.15) is 16.7 Å². The molecule has 3 rings (SSSR count). The number of hydrogen-bond acceptors (Lipinski definition) is 1. The molecule has 1 aliphatic heterocycles. The quantitative estimate of drug-likeness (QED) is 0.598. The van der Waals surface area contributed by atoms with Crippen LogP contribution in [0.3, 0.4) is 0 Å². The van der Waals surface area contributed by atoms with E-state index in [9.17, 15) is 0 Å². The number of halogens is 2.